The third-order valence-electron chi connectivity index (χ3n) is 2.37. The van der Waals surface area contributed by atoms with Crippen molar-refractivity contribution in [1.29, 1.82) is 0 Å². The summed E-state index contributed by atoms with van der Waals surface area (Å²) in [6, 6.07) is 13.6. The van der Waals surface area contributed by atoms with E-state index in [-0.39, 0.29) is 5.25 Å². The fraction of sp³-hybridized carbons (Fsp3) is 0.154. The number of rotatable bonds is 4. The van der Waals surface area contributed by atoms with Crippen LogP contribution in [0.5, 0.6) is 0 Å². The maximum Gasteiger partial charge on any atom is 0.0966 e. The average molecular weight is 265 g/mol. The molecule has 2 nitrogen and oxygen atoms in total. The molecule has 0 saturated carbocycles. The molecular formula is C13H13ClN2S. The maximum absolute atomic E-state index is 6.17. The smallest absolute Gasteiger partial charge is 0.0966 e. The van der Waals surface area contributed by atoms with Crippen molar-refractivity contribution in [2.45, 2.75) is 10.3 Å². The molecule has 0 spiro atoms. The first-order valence-corrected chi connectivity index (χ1v) is 6.59. The van der Waals surface area contributed by atoms with Gasteiger partial charge in [-0.1, -0.05) is 47.6 Å². The van der Waals surface area contributed by atoms with Crippen molar-refractivity contribution in [3.63, 3.8) is 0 Å². The van der Waals surface area contributed by atoms with E-state index in [0.29, 0.717) is 6.54 Å². The number of nitrogens with two attached hydrogens (primary N) is 1. The SMILES string of the molecule is NCC(Sc1ccccn1)c1ccccc1Cl. The van der Waals surface area contributed by atoms with Crippen LogP contribution in [0.4, 0.5) is 0 Å². The standard InChI is InChI=1S/C13H13ClN2S/c14-11-6-2-1-5-10(11)12(9-15)17-13-7-3-4-8-16-13/h1-8,12H,9,15H2. The van der Waals surface area contributed by atoms with E-state index in [2.05, 4.69) is 4.98 Å². The lowest BCUT2D eigenvalue weighted by atomic mass is 10.1. The molecule has 0 amide bonds. The highest BCUT2D eigenvalue weighted by molar-refractivity contribution is 7.99. The lowest BCUT2D eigenvalue weighted by Crippen LogP contribution is -2.09. The Balaban J connectivity index is 2.21. The fourth-order valence-electron chi connectivity index (χ4n) is 1.54. The Labute approximate surface area is 110 Å². The summed E-state index contributed by atoms with van der Waals surface area (Å²) in [5, 5.41) is 1.85. The number of nitrogens with zero attached hydrogens (tertiary/aromatic N) is 1. The Kier molecular flexibility index (Phi) is 4.42. The average Bonchev–Trinajstić information content (AvgIpc) is 2.38. The Morgan fingerprint density at radius 3 is 2.59 bits per heavy atom. The summed E-state index contributed by atoms with van der Waals surface area (Å²) >= 11 is 7.81. The third-order valence-corrected chi connectivity index (χ3v) is 3.93. The van der Waals surface area contributed by atoms with Crippen LogP contribution in [0.1, 0.15) is 10.8 Å². The van der Waals surface area contributed by atoms with E-state index in [1.807, 2.05) is 42.5 Å². The highest BCUT2D eigenvalue weighted by Crippen LogP contribution is 2.36. The van der Waals surface area contributed by atoms with Crippen molar-refractivity contribution in [2.75, 3.05) is 6.54 Å². The van der Waals surface area contributed by atoms with Gasteiger partial charge in [-0.25, -0.2) is 4.98 Å². The molecule has 1 aromatic carbocycles. The third kappa shape index (κ3) is 3.22. The van der Waals surface area contributed by atoms with Gasteiger partial charge in [0.15, 0.2) is 0 Å². The maximum atomic E-state index is 6.17. The van der Waals surface area contributed by atoms with E-state index in [1.54, 1.807) is 18.0 Å². The summed E-state index contributed by atoms with van der Waals surface area (Å²) in [7, 11) is 0. The van der Waals surface area contributed by atoms with E-state index in [4.69, 9.17) is 17.3 Å². The zero-order chi connectivity index (χ0) is 12.1. The number of hydrogen-bond acceptors (Lipinski definition) is 3. The molecule has 0 radical (unpaired) electrons. The summed E-state index contributed by atoms with van der Waals surface area (Å²) in [6.07, 6.45) is 1.78. The minimum absolute atomic E-state index is 0.138. The molecule has 0 aliphatic rings. The van der Waals surface area contributed by atoms with Gasteiger partial charge in [-0.2, -0.15) is 0 Å². The molecule has 2 aromatic rings. The fourth-order valence-corrected chi connectivity index (χ4v) is 2.87. The zero-order valence-corrected chi connectivity index (χ0v) is 10.8. The van der Waals surface area contributed by atoms with Gasteiger partial charge in [0.05, 0.1) is 5.03 Å². The molecule has 0 aliphatic carbocycles. The summed E-state index contributed by atoms with van der Waals surface area (Å²) < 4.78 is 0. The molecule has 1 unspecified atom stereocenters. The molecular weight excluding hydrogens is 252 g/mol. The van der Waals surface area contributed by atoms with E-state index >= 15 is 0 Å². The van der Waals surface area contributed by atoms with Crippen LogP contribution >= 0.6 is 23.4 Å². The number of thioether (sulfide) groups is 1. The van der Waals surface area contributed by atoms with Gasteiger partial charge in [0.25, 0.3) is 0 Å². The lowest BCUT2D eigenvalue weighted by Gasteiger charge is -2.15. The van der Waals surface area contributed by atoms with Crippen LogP contribution in [0.2, 0.25) is 5.02 Å². The molecule has 2 rings (SSSR count). The van der Waals surface area contributed by atoms with Gasteiger partial charge in [0.1, 0.15) is 0 Å². The molecule has 0 bridgehead atoms. The monoisotopic (exact) mass is 264 g/mol. The molecule has 0 saturated heterocycles. The van der Waals surface area contributed by atoms with Crippen LogP contribution in [0.25, 0.3) is 0 Å². The topological polar surface area (TPSA) is 38.9 Å². The van der Waals surface area contributed by atoms with Crippen LogP contribution in [0.3, 0.4) is 0 Å². The highest BCUT2D eigenvalue weighted by Gasteiger charge is 2.14. The van der Waals surface area contributed by atoms with Crippen molar-refractivity contribution < 1.29 is 0 Å². The second-order valence-corrected chi connectivity index (χ2v) is 5.16. The minimum Gasteiger partial charge on any atom is -0.329 e. The van der Waals surface area contributed by atoms with E-state index < -0.39 is 0 Å². The van der Waals surface area contributed by atoms with Crippen molar-refractivity contribution in [1.82, 2.24) is 4.98 Å². The predicted molar refractivity (Wildman–Crippen MR) is 73.3 cm³/mol. The normalized spacial score (nSPS) is 12.4. The minimum atomic E-state index is 0.138. The zero-order valence-electron chi connectivity index (χ0n) is 9.21. The molecule has 17 heavy (non-hydrogen) atoms. The van der Waals surface area contributed by atoms with Gasteiger partial charge in [0.2, 0.25) is 0 Å². The van der Waals surface area contributed by atoms with Crippen LogP contribution in [-0.4, -0.2) is 11.5 Å². The van der Waals surface area contributed by atoms with Crippen LogP contribution in [-0.2, 0) is 0 Å². The lowest BCUT2D eigenvalue weighted by molar-refractivity contribution is 0.935. The molecule has 0 fully saturated rings. The van der Waals surface area contributed by atoms with Crippen LogP contribution in [0, 0.1) is 0 Å². The Bertz CT molecular complexity index is 476. The van der Waals surface area contributed by atoms with Crippen molar-refractivity contribution in [3.05, 3.63) is 59.2 Å². The number of aromatic nitrogens is 1. The summed E-state index contributed by atoms with van der Waals surface area (Å²) in [5.41, 5.74) is 6.88. The number of pyridine rings is 1. The van der Waals surface area contributed by atoms with Crippen LogP contribution in [0.15, 0.2) is 53.7 Å². The summed E-state index contributed by atoms with van der Waals surface area (Å²) in [5.74, 6) is 0. The van der Waals surface area contributed by atoms with Crippen molar-refractivity contribution in [3.8, 4) is 0 Å². The molecule has 2 N–H and O–H groups in total. The van der Waals surface area contributed by atoms with Gasteiger partial charge in [-0.3, -0.25) is 0 Å². The molecule has 88 valence electrons. The van der Waals surface area contributed by atoms with Crippen molar-refractivity contribution >= 4 is 23.4 Å². The first-order chi connectivity index (χ1) is 8.31. The molecule has 1 atom stereocenters. The summed E-state index contributed by atoms with van der Waals surface area (Å²) in [6.45, 7) is 0.533. The Hall–Kier alpha value is -1.03. The Morgan fingerprint density at radius 2 is 1.94 bits per heavy atom. The van der Waals surface area contributed by atoms with Gasteiger partial charge < -0.3 is 5.73 Å². The van der Waals surface area contributed by atoms with Gasteiger partial charge >= 0.3 is 0 Å². The first-order valence-electron chi connectivity index (χ1n) is 5.33. The second-order valence-electron chi connectivity index (χ2n) is 3.53. The molecule has 4 heteroatoms. The van der Waals surface area contributed by atoms with E-state index in [1.165, 1.54) is 0 Å². The quantitative estimate of drug-likeness (QED) is 0.859. The largest absolute Gasteiger partial charge is 0.329 e. The first kappa shape index (κ1) is 12.4. The molecule has 1 heterocycles. The number of hydrogen-bond donors (Lipinski definition) is 1. The van der Waals surface area contributed by atoms with E-state index in [0.717, 1.165) is 15.6 Å². The predicted octanol–water partition coefficient (Wildman–Crippen LogP) is 3.53. The number of benzene rings is 1. The van der Waals surface area contributed by atoms with E-state index in [9.17, 15) is 0 Å². The van der Waals surface area contributed by atoms with Gasteiger partial charge in [-0.15, -0.1) is 0 Å². The molecule has 1 aromatic heterocycles. The van der Waals surface area contributed by atoms with Gasteiger partial charge in [0, 0.05) is 23.0 Å². The highest BCUT2D eigenvalue weighted by atomic mass is 35.5. The van der Waals surface area contributed by atoms with Crippen LogP contribution < -0.4 is 5.73 Å². The molecule has 0 aliphatic heterocycles. The second kappa shape index (κ2) is 6.05. The van der Waals surface area contributed by atoms with Crippen molar-refractivity contribution in [2.24, 2.45) is 5.73 Å². The van der Waals surface area contributed by atoms with Gasteiger partial charge in [-0.05, 0) is 23.8 Å². The number of halogens is 1. The summed E-state index contributed by atoms with van der Waals surface area (Å²) in [4.78, 5) is 4.29. The Morgan fingerprint density at radius 1 is 1.18 bits per heavy atom.